The molecule has 628 valence electrons. The summed E-state index contributed by atoms with van der Waals surface area (Å²) < 4.78 is 0. The van der Waals surface area contributed by atoms with Gasteiger partial charge in [-0.15, -0.1) is 24.8 Å². The summed E-state index contributed by atoms with van der Waals surface area (Å²) in [6.07, 6.45) is 10.9. The van der Waals surface area contributed by atoms with Crippen molar-refractivity contribution >= 4 is 75.8 Å². The van der Waals surface area contributed by atoms with Crippen molar-refractivity contribution in [1.29, 1.82) is 0 Å². The highest BCUT2D eigenvalue weighted by molar-refractivity contribution is 6.27. The van der Waals surface area contributed by atoms with E-state index in [9.17, 15) is 104 Å². The van der Waals surface area contributed by atoms with E-state index in [-0.39, 0.29) is 135 Å². The maximum atomic E-state index is 13.7. The largest absolute Gasteiger partial charge is 0.508 e. The minimum atomic E-state index is -2.64. The number of aliphatic hydroxyl groups is 9. The molecule has 3 aromatic rings. The highest BCUT2D eigenvalue weighted by Gasteiger charge is 2.68. The quantitative estimate of drug-likeness (QED) is 0.0453. The number of benzene rings is 3. The molecule has 116 heavy (non-hydrogen) atoms. The van der Waals surface area contributed by atoms with Crippen molar-refractivity contribution in [2.75, 3.05) is 42.3 Å². The molecular weight excluding hydrogens is 1490 g/mol. The summed E-state index contributed by atoms with van der Waals surface area (Å²) in [7, 11) is 9.37. The average Bonchev–Trinajstić information content (AvgIpc) is 0.712. The second-order valence-corrected chi connectivity index (χ2v) is 27.8. The number of allylic oxidation sites excluding steroid dienone is 2. The van der Waals surface area contributed by atoms with E-state index >= 15 is 0 Å². The number of nitrogens with zero attached hydrogens (tertiary/aromatic N) is 3. The highest BCUT2D eigenvalue weighted by Crippen LogP contribution is 2.57. The number of hydrogen-bond donors (Lipinski definition) is 15. The Morgan fingerprint density at radius 1 is 0.491 bits per heavy atom. The van der Waals surface area contributed by atoms with Gasteiger partial charge in [-0.25, -0.2) is 0 Å². The fraction of sp³-hybridized carbons (Fsp3) is 0.404. The molecule has 3 aromatic carbocycles. The number of ketones is 6. The van der Waals surface area contributed by atoms with Crippen LogP contribution in [0.3, 0.4) is 0 Å². The van der Waals surface area contributed by atoms with E-state index < -0.39 is 174 Å². The zero-order valence-corrected chi connectivity index (χ0v) is 61.9. The molecule has 0 radical (unpaired) electrons. The number of phenolic OH excluding ortho intramolecular Hbond substituents is 3. The molecule has 0 bridgehead atoms. The van der Waals surface area contributed by atoms with Gasteiger partial charge in [-0.3, -0.25) is 57.9 Å². The van der Waals surface area contributed by atoms with Gasteiger partial charge in [0.05, 0.1) is 34.8 Å². The number of aromatic hydroxyl groups is 3. The summed E-state index contributed by atoms with van der Waals surface area (Å²) >= 11 is 0. The monoisotopic (exact) mass is 1600 g/mol. The normalized spacial score (nSPS) is 25.0. The number of carbonyl (C=O) groups excluding carboxylic acids is 9. The van der Waals surface area contributed by atoms with Gasteiger partial charge >= 0.3 is 0 Å². The number of Topliss-reactive ketones (excluding diaryl/α,β-unsaturated/α-hetero) is 6. The van der Waals surface area contributed by atoms with Gasteiger partial charge in [0, 0.05) is 40.0 Å². The molecule has 6 unspecified atom stereocenters. The zero-order chi connectivity index (χ0) is 82.0. The van der Waals surface area contributed by atoms with Gasteiger partial charge < -0.3 is 78.5 Å². The third-order valence-electron chi connectivity index (χ3n) is 20.9. The SMILES string of the molecule is C.C.C.C.C.C.C.C#CC.C/C=C\c1ccc(O)c2c1CC1CC3[C@H](N(C)C)C(=O)C(C(N)=O)=C(O)[C@@]3(O)C(=O)C1=C2O.C=C=C=C=C=C.C=CC.CC#Cc1ccc(O)c2c1CC1CC3[C@H](N(C)C)C(=O)C(C(N)=O)=C(O)[C@@]3(O)C(=O)C1=C2O.Cc1ccc(O)c2c1CC1CC3[C@H](N(C)C)C(=O)C(C(N)=O)=C(O)[C@@]3(O)C(=O)C1=C2O. The van der Waals surface area contributed by atoms with Crippen LogP contribution in [0.5, 0.6) is 17.2 Å². The Bertz CT molecular complexity index is 4960. The molecule has 3 saturated carbocycles. The average molecular weight is 1610 g/mol. The number of phenols is 3. The van der Waals surface area contributed by atoms with Gasteiger partial charge in [-0.1, -0.05) is 99.7 Å². The fourth-order valence-electron chi connectivity index (χ4n) is 16.6. The number of likely N-dealkylation sites (N-methyl/N-ethyl adjacent to an activating group) is 3. The van der Waals surface area contributed by atoms with Crippen LogP contribution in [0.25, 0.3) is 23.4 Å². The molecule has 9 aliphatic rings. The third-order valence-corrected chi connectivity index (χ3v) is 20.9. The molecular formula is C89H116N6O21. The molecule has 0 spiro atoms. The van der Waals surface area contributed by atoms with E-state index in [0.29, 0.717) is 28.7 Å². The van der Waals surface area contributed by atoms with Crippen molar-refractivity contribution in [2.45, 2.75) is 160 Å². The smallest absolute Gasteiger partial charge is 0.255 e. The Morgan fingerprint density at radius 3 is 1.05 bits per heavy atom. The second-order valence-electron chi connectivity index (χ2n) is 27.8. The summed E-state index contributed by atoms with van der Waals surface area (Å²) in [4.78, 5) is 120. The molecule has 0 heterocycles. The lowest BCUT2D eigenvalue weighted by molar-refractivity contribution is -0.155. The van der Waals surface area contributed by atoms with Crippen LogP contribution in [0.15, 0.2) is 142 Å². The predicted molar refractivity (Wildman–Crippen MR) is 448 cm³/mol. The number of carbonyl (C=O) groups is 9. The molecule has 12 atom stereocenters. The maximum Gasteiger partial charge on any atom is 0.255 e. The number of fused-ring (bicyclic) bond motifs is 9. The van der Waals surface area contributed by atoms with Crippen LogP contribution in [0.1, 0.15) is 149 Å². The van der Waals surface area contributed by atoms with Crippen molar-refractivity contribution < 1.29 is 104 Å². The zero-order valence-electron chi connectivity index (χ0n) is 61.9. The lowest BCUT2D eigenvalue weighted by Crippen LogP contribution is -2.65. The third kappa shape index (κ3) is 17.2. The van der Waals surface area contributed by atoms with Crippen molar-refractivity contribution in [3.63, 3.8) is 0 Å². The molecule has 12 rings (SSSR count). The first-order valence-corrected chi connectivity index (χ1v) is 34.1. The summed E-state index contributed by atoms with van der Waals surface area (Å²) in [5.74, 6) is -11.7. The van der Waals surface area contributed by atoms with E-state index in [1.54, 1.807) is 80.4 Å². The van der Waals surface area contributed by atoms with E-state index in [1.165, 1.54) is 32.9 Å². The molecule has 0 aliphatic heterocycles. The van der Waals surface area contributed by atoms with E-state index in [4.69, 9.17) is 17.2 Å². The number of rotatable bonds is 7. The van der Waals surface area contributed by atoms with Gasteiger partial charge in [0.2, 0.25) is 17.3 Å². The molecule has 3 fully saturated rings. The first kappa shape index (κ1) is 104. The van der Waals surface area contributed by atoms with Crippen molar-refractivity contribution in [3.05, 3.63) is 192 Å². The standard InChI is InChI=1S/C24H26N2O7.C24H24N2O7.C22H24N2O7.C6H4.C3H6.C3H4.7CH4/c2*1-4-5-10-6-7-14(27)16-12(10)8-11-9-13-18(26(2)3)20(29)17(23(25)32)22(31)24(13,33)21(30)15(11)19(16)28;1-8-4-5-12(25)14-10(8)6-9-7-11-16(24(2)3)18(27)15(21(23)30)20(29)22(11,31)19(28)13(9)17(14)26;1-3-5-6-4-2;2*1-3-2;;;;;;;/h4-7,11,13,18,27-28,31,33H,8-9H2,1-3H3,(H2,25,32);6-7,11,13,18,27-28,31,33H,8-9H2,1-3H3,(H2,25,32);4-5,9,11,16,25-26,29,31H,6-7H2,1-3H3,(H2,23,30);1-2H2;3H,1H2,2H3;1H,2H3;7*1H4/b5-4-;;;;;;;;;;;;/t2*11?,13?,18-,24-;9?,11?,16-,22-;;;;;;;;;;/m000........../s1. The molecule has 9 aliphatic carbocycles. The lowest BCUT2D eigenvalue weighted by Gasteiger charge is -2.50. The van der Waals surface area contributed by atoms with Crippen LogP contribution in [-0.2, 0) is 62.4 Å². The number of aliphatic hydroxyl groups excluding tert-OH is 6. The van der Waals surface area contributed by atoms with Crippen LogP contribution in [-0.4, -0.2) is 206 Å². The molecule has 3 amide bonds. The predicted octanol–water partition coefficient (Wildman–Crippen LogP) is 9.31. The van der Waals surface area contributed by atoms with Gasteiger partial charge in [-0.2, -0.15) is 0 Å². The molecule has 27 nitrogen and oxygen atoms in total. The van der Waals surface area contributed by atoms with Crippen molar-refractivity contribution in [3.8, 4) is 41.4 Å². The fourth-order valence-corrected chi connectivity index (χ4v) is 16.6. The van der Waals surface area contributed by atoms with Crippen LogP contribution < -0.4 is 17.2 Å². The number of nitrogens with two attached hydrogens (primary N) is 3. The summed E-state index contributed by atoms with van der Waals surface area (Å²) in [5, 5.41) is 131. The minimum absolute atomic E-state index is 0. The lowest BCUT2D eigenvalue weighted by atomic mass is 9.57. The van der Waals surface area contributed by atoms with Crippen molar-refractivity contribution in [2.24, 2.45) is 52.7 Å². The van der Waals surface area contributed by atoms with Crippen LogP contribution in [0, 0.1) is 66.6 Å². The molecule has 27 heteroatoms. The summed E-state index contributed by atoms with van der Waals surface area (Å²) in [6, 6.07) is 5.89. The van der Waals surface area contributed by atoms with Crippen LogP contribution >= 0.6 is 0 Å². The Morgan fingerprint density at radius 2 is 0.767 bits per heavy atom. The molecule has 0 aromatic heterocycles. The van der Waals surface area contributed by atoms with Crippen LogP contribution in [0.2, 0.25) is 0 Å². The summed E-state index contributed by atoms with van der Waals surface area (Å²) in [6.45, 7) is 18.7. The van der Waals surface area contributed by atoms with E-state index in [0.717, 1.165) is 11.1 Å². The Labute approximate surface area is 680 Å². The minimum Gasteiger partial charge on any atom is -0.508 e. The molecule has 18 N–H and O–H groups in total. The number of aryl methyl sites for hydroxylation is 1. The first-order chi connectivity index (χ1) is 51.1. The van der Waals surface area contributed by atoms with Gasteiger partial charge in [0.15, 0.2) is 34.2 Å². The number of primary amides is 3. The van der Waals surface area contributed by atoms with E-state index in [2.05, 4.69) is 66.8 Å². The molecule has 0 saturated heterocycles. The van der Waals surface area contributed by atoms with Crippen LogP contribution in [0.4, 0.5) is 0 Å². The summed E-state index contributed by atoms with van der Waals surface area (Å²) in [5.41, 5.74) is 18.8. The Balaban J connectivity index is 0.00000155. The van der Waals surface area contributed by atoms with Gasteiger partial charge in [-0.05, 0) is 210 Å². The second kappa shape index (κ2) is 40.3. The maximum absolute atomic E-state index is 13.7. The highest BCUT2D eigenvalue weighted by atomic mass is 16.4. The van der Waals surface area contributed by atoms with Gasteiger partial charge in [0.25, 0.3) is 17.7 Å². The first-order valence-electron chi connectivity index (χ1n) is 34.1. The Kier molecular flexibility index (Phi) is 36.1. The Hall–Kier alpha value is -12.1. The number of amides is 3. The van der Waals surface area contributed by atoms with E-state index in [1.807, 2.05) is 32.9 Å². The van der Waals surface area contributed by atoms with Crippen molar-refractivity contribution in [1.82, 2.24) is 14.7 Å². The number of hydrogen-bond acceptors (Lipinski definition) is 24. The topological polar surface area (TPSA) is 484 Å². The number of terminal acetylenes is 1. The van der Waals surface area contributed by atoms with Gasteiger partial charge in [0.1, 0.15) is 68.5 Å².